The number of amides is 2. The Morgan fingerprint density at radius 3 is 2.24 bits per heavy atom. The van der Waals surface area contributed by atoms with Crippen LogP contribution in [0.15, 0.2) is 53.5 Å². The quantitative estimate of drug-likeness (QED) is 0.0741. The van der Waals surface area contributed by atoms with E-state index < -0.39 is 35.7 Å². The molecule has 1 aliphatic rings. The summed E-state index contributed by atoms with van der Waals surface area (Å²) >= 11 is 0. The van der Waals surface area contributed by atoms with Crippen LogP contribution in [0.1, 0.15) is 48.2 Å². The van der Waals surface area contributed by atoms with Crippen molar-refractivity contribution in [3.05, 3.63) is 75.7 Å². The van der Waals surface area contributed by atoms with Gasteiger partial charge in [0.1, 0.15) is 12.4 Å². The van der Waals surface area contributed by atoms with Crippen LogP contribution in [0.3, 0.4) is 0 Å². The number of hydrogen-bond acceptors (Lipinski definition) is 11. The van der Waals surface area contributed by atoms with Gasteiger partial charge in [-0.2, -0.15) is 13.2 Å². The van der Waals surface area contributed by atoms with E-state index in [1.54, 1.807) is 50.2 Å². The number of nitrogens with zero attached hydrogens (tertiary/aromatic N) is 2. The highest BCUT2D eigenvalue weighted by atomic mass is 19.4. The van der Waals surface area contributed by atoms with Gasteiger partial charge in [-0.15, -0.1) is 0 Å². The van der Waals surface area contributed by atoms with Crippen LogP contribution in [-0.4, -0.2) is 69.9 Å². The van der Waals surface area contributed by atoms with Crippen molar-refractivity contribution in [3.63, 3.8) is 0 Å². The maximum atomic E-state index is 13.4. The van der Waals surface area contributed by atoms with Crippen molar-refractivity contribution >= 4 is 41.3 Å². The lowest BCUT2D eigenvalue weighted by atomic mass is 10.1. The first kappa shape index (κ1) is 37.5. The summed E-state index contributed by atoms with van der Waals surface area (Å²) in [5.74, 6) is -3.73. The Labute approximate surface area is 277 Å². The lowest BCUT2D eigenvalue weighted by molar-refractivity contribution is -0.192. The van der Waals surface area contributed by atoms with Gasteiger partial charge >= 0.3 is 24.2 Å². The molecule has 1 saturated carbocycles. The molecule has 1 heterocycles. The summed E-state index contributed by atoms with van der Waals surface area (Å²) in [5, 5.41) is 23.3. The fourth-order valence-electron chi connectivity index (χ4n) is 4.06. The highest BCUT2D eigenvalue weighted by Gasteiger charge is 2.38. The summed E-state index contributed by atoms with van der Waals surface area (Å²) in [4.78, 5) is 63.6. The van der Waals surface area contributed by atoms with Gasteiger partial charge in [0, 0.05) is 29.4 Å². The molecule has 1 fully saturated rings. The molecule has 4 rings (SSSR count). The first-order valence-electron chi connectivity index (χ1n) is 14.8. The van der Waals surface area contributed by atoms with Gasteiger partial charge in [0.25, 0.3) is 5.56 Å². The van der Waals surface area contributed by atoms with Crippen molar-refractivity contribution in [2.45, 2.75) is 52.0 Å². The van der Waals surface area contributed by atoms with E-state index in [2.05, 4.69) is 20.9 Å². The highest BCUT2D eigenvalue weighted by molar-refractivity contribution is 6.04. The van der Waals surface area contributed by atoms with Gasteiger partial charge < -0.3 is 30.9 Å². The SMILES string of the molecule is CCOC(=O)NC(=N)c1ccc(CNC(=O)Cn2c(-c3cc(N)cc(C(=O)OCC)c3)cnc(NC3CC3)c2=O)cc1.O=C(O)C(F)(F)F. The van der Waals surface area contributed by atoms with Crippen LogP contribution < -0.4 is 27.2 Å². The zero-order valence-electron chi connectivity index (χ0n) is 26.3. The lowest BCUT2D eigenvalue weighted by Crippen LogP contribution is -2.34. The number of nitrogen functional groups attached to an aromatic ring is 1. The molecule has 0 aliphatic heterocycles. The van der Waals surface area contributed by atoms with Gasteiger partial charge in [-0.1, -0.05) is 24.3 Å². The zero-order valence-corrected chi connectivity index (χ0v) is 26.3. The van der Waals surface area contributed by atoms with Crippen molar-refractivity contribution in [2.75, 3.05) is 24.3 Å². The fourth-order valence-corrected chi connectivity index (χ4v) is 4.06. The third-order valence-electron chi connectivity index (χ3n) is 6.51. The minimum atomic E-state index is -5.08. The number of carbonyl (C=O) groups is 4. The molecule has 0 radical (unpaired) electrons. The Bertz CT molecular complexity index is 1760. The van der Waals surface area contributed by atoms with Crippen LogP contribution in [-0.2, 0) is 32.2 Å². The number of carbonyl (C=O) groups excluding carboxylic acids is 3. The van der Waals surface area contributed by atoms with Crippen LogP contribution in [0.4, 0.5) is 29.5 Å². The Balaban J connectivity index is 0.000000838. The van der Waals surface area contributed by atoms with Crippen molar-refractivity contribution in [1.82, 2.24) is 20.2 Å². The predicted octanol–water partition coefficient (Wildman–Crippen LogP) is 3.26. The maximum absolute atomic E-state index is 13.4. The zero-order chi connectivity index (χ0) is 36.3. The molecular weight excluding hydrogens is 655 g/mol. The molecule has 15 nitrogen and oxygen atoms in total. The number of anilines is 2. The molecule has 2 amide bonds. The third kappa shape index (κ3) is 11.4. The van der Waals surface area contributed by atoms with E-state index in [9.17, 15) is 32.3 Å². The number of alkyl halides is 3. The average molecular weight is 690 g/mol. The van der Waals surface area contributed by atoms with E-state index >= 15 is 0 Å². The first-order valence-corrected chi connectivity index (χ1v) is 14.8. The lowest BCUT2D eigenvalue weighted by Gasteiger charge is -2.16. The summed E-state index contributed by atoms with van der Waals surface area (Å²) < 4.78 is 42.9. The second-order valence-electron chi connectivity index (χ2n) is 10.4. The molecule has 0 bridgehead atoms. The Morgan fingerprint density at radius 2 is 1.67 bits per heavy atom. The van der Waals surface area contributed by atoms with Crippen molar-refractivity contribution < 1.29 is 46.9 Å². The summed E-state index contributed by atoms with van der Waals surface area (Å²) in [7, 11) is 0. The molecule has 262 valence electrons. The number of benzene rings is 2. The molecule has 1 aliphatic carbocycles. The fraction of sp³-hybridized carbons (Fsp3) is 0.323. The van der Waals surface area contributed by atoms with Crippen molar-refractivity contribution in [2.24, 2.45) is 0 Å². The minimum Gasteiger partial charge on any atom is -0.475 e. The number of halogens is 3. The smallest absolute Gasteiger partial charge is 0.475 e. The Morgan fingerprint density at radius 1 is 1.04 bits per heavy atom. The van der Waals surface area contributed by atoms with Gasteiger partial charge in [0.15, 0.2) is 5.82 Å². The summed E-state index contributed by atoms with van der Waals surface area (Å²) in [6, 6.07) is 11.5. The molecule has 49 heavy (non-hydrogen) atoms. The molecule has 3 aromatic rings. The van der Waals surface area contributed by atoms with E-state index in [0.717, 1.165) is 18.4 Å². The van der Waals surface area contributed by atoms with E-state index in [4.69, 9.17) is 30.5 Å². The third-order valence-corrected chi connectivity index (χ3v) is 6.51. The molecule has 0 saturated heterocycles. The molecule has 0 spiro atoms. The van der Waals surface area contributed by atoms with E-state index in [0.29, 0.717) is 16.8 Å². The Hall–Kier alpha value is -5.94. The first-order chi connectivity index (χ1) is 23.1. The minimum absolute atomic E-state index is 0.114. The normalized spacial score (nSPS) is 12.1. The predicted molar refractivity (Wildman–Crippen MR) is 170 cm³/mol. The van der Waals surface area contributed by atoms with Crippen molar-refractivity contribution in [1.29, 1.82) is 5.41 Å². The number of aliphatic carboxylic acids is 1. The number of aromatic nitrogens is 2. The maximum Gasteiger partial charge on any atom is 0.490 e. The monoisotopic (exact) mass is 689 g/mol. The molecule has 0 unspecified atom stereocenters. The van der Waals surface area contributed by atoms with Crippen LogP contribution in [0.25, 0.3) is 11.3 Å². The number of nitrogens with one attached hydrogen (secondary N) is 4. The second-order valence-corrected chi connectivity index (χ2v) is 10.4. The number of nitrogens with two attached hydrogens (primary N) is 1. The van der Waals surface area contributed by atoms with Gasteiger partial charge in [-0.25, -0.2) is 19.4 Å². The van der Waals surface area contributed by atoms with Crippen LogP contribution in [0.5, 0.6) is 0 Å². The standard InChI is InChI=1S/C29H33N7O6.C2HF3O2/c1-3-41-28(39)20-11-19(12-21(30)13-20)23-15-33-26(34-22-9-10-22)27(38)36(23)16-24(37)32-14-17-5-7-18(8-6-17)25(31)35-29(40)42-4-2;3-2(4,5)1(6)7/h5-8,11-13,15,22H,3-4,9-10,14,16,30H2,1-2H3,(H,32,37)(H,33,34)(H2,31,35,40);(H,6,7). The van der Waals surface area contributed by atoms with E-state index in [1.807, 2.05) is 0 Å². The number of rotatable bonds is 11. The number of amidine groups is 1. The largest absolute Gasteiger partial charge is 0.490 e. The van der Waals surface area contributed by atoms with Crippen LogP contribution in [0, 0.1) is 5.41 Å². The van der Waals surface area contributed by atoms with Crippen molar-refractivity contribution in [3.8, 4) is 11.3 Å². The van der Waals surface area contributed by atoms with Crippen LogP contribution >= 0.6 is 0 Å². The number of alkyl carbamates (subject to hydrolysis) is 1. The number of ether oxygens (including phenoxy) is 2. The van der Waals surface area contributed by atoms with Gasteiger partial charge in [0.2, 0.25) is 5.91 Å². The summed E-state index contributed by atoms with van der Waals surface area (Å²) in [6.45, 7) is 3.59. The van der Waals surface area contributed by atoms with Crippen LogP contribution in [0.2, 0.25) is 0 Å². The van der Waals surface area contributed by atoms with Gasteiger partial charge in [-0.3, -0.25) is 24.9 Å². The average Bonchev–Trinajstić information content (AvgIpc) is 3.86. The topological polar surface area (TPSA) is 228 Å². The second kappa shape index (κ2) is 16.8. The summed E-state index contributed by atoms with van der Waals surface area (Å²) in [5.41, 5.74) is 8.02. The molecule has 2 aromatic carbocycles. The number of esters is 1. The number of carboxylic acid groups (broad SMARTS) is 1. The van der Waals surface area contributed by atoms with E-state index in [1.165, 1.54) is 16.8 Å². The highest BCUT2D eigenvalue weighted by Crippen LogP contribution is 2.26. The van der Waals surface area contributed by atoms with E-state index in [-0.39, 0.29) is 55.2 Å². The molecule has 1 aromatic heterocycles. The summed E-state index contributed by atoms with van der Waals surface area (Å²) in [6.07, 6.45) is -2.46. The molecular formula is C31H34F3N7O8. The molecule has 7 N–H and O–H groups in total. The number of hydrogen-bond donors (Lipinski definition) is 6. The van der Waals surface area contributed by atoms with Gasteiger partial charge in [0.05, 0.1) is 30.7 Å². The number of carboxylic acids is 1. The molecule has 18 heteroatoms. The Kier molecular flexibility index (Phi) is 12.8. The van der Waals surface area contributed by atoms with Gasteiger partial charge in [-0.05, 0) is 50.5 Å². The molecule has 0 atom stereocenters.